The quantitative estimate of drug-likeness (QED) is 0.462. The highest BCUT2D eigenvalue weighted by molar-refractivity contribution is 6.05. The summed E-state index contributed by atoms with van der Waals surface area (Å²) in [5, 5.41) is 5.66. The van der Waals surface area contributed by atoms with E-state index in [1.807, 2.05) is 30.3 Å². The predicted molar refractivity (Wildman–Crippen MR) is 130 cm³/mol. The van der Waals surface area contributed by atoms with Gasteiger partial charge in [-0.05, 0) is 53.0 Å². The van der Waals surface area contributed by atoms with E-state index in [4.69, 9.17) is 10.5 Å². The number of nitrogens with zero attached hydrogens (tertiary/aromatic N) is 2. The average Bonchev–Trinajstić information content (AvgIpc) is 3.38. The van der Waals surface area contributed by atoms with Crippen molar-refractivity contribution in [3.05, 3.63) is 35.9 Å². The molecule has 3 rings (SSSR count). The predicted octanol–water partition coefficient (Wildman–Crippen LogP) is 0.682. The van der Waals surface area contributed by atoms with Crippen molar-refractivity contribution in [2.75, 3.05) is 13.1 Å². The summed E-state index contributed by atoms with van der Waals surface area (Å²) in [7, 11) is 0. The van der Waals surface area contributed by atoms with Crippen molar-refractivity contribution >= 4 is 29.6 Å². The maximum Gasteiger partial charge on any atom is 0.340 e. The van der Waals surface area contributed by atoms with Gasteiger partial charge in [-0.1, -0.05) is 30.3 Å². The van der Waals surface area contributed by atoms with Gasteiger partial charge in [0.1, 0.15) is 17.1 Å². The van der Waals surface area contributed by atoms with Crippen molar-refractivity contribution in [2.24, 2.45) is 10.7 Å². The highest BCUT2D eigenvalue weighted by Gasteiger charge is 2.47. The van der Waals surface area contributed by atoms with Gasteiger partial charge in [0.15, 0.2) is 5.54 Å². The van der Waals surface area contributed by atoms with Gasteiger partial charge in [0.25, 0.3) is 0 Å². The third-order valence-electron chi connectivity index (χ3n) is 6.33. The van der Waals surface area contributed by atoms with Crippen LogP contribution in [0.5, 0.6) is 0 Å². The molecule has 190 valence electrons. The van der Waals surface area contributed by atoms with Crippen molar-refractivity contribution < 1.29 is 23.9 Å². The molecule has 2 atom stereocenters. The summed E-state index contributed by atoms with van der Waals surface area (Å²) in [6.07, 6.45) is 1.35. The number of likely N-dealkylation sites (tertiary alicyclic amines) is 1. The molecule has 1 aromatic rings. The molecule has 0 radical (unpaired) electrons. The third-order valence-corrected chi connectivity index (χ3v) is 6.33. The second-order valence-corrected chi connectivity index (χ2v) is 10.4. The lowest BCUT2D eigenvalue weighted by Gasteiger charge is -2.36. The molecule has 0 aliphatic carbocycles. The maximum absolute atomic E-state index is 13.8. The fourth-order valence-electron chi connectivity index (χ4n) is 4.38. The van der Waals surface area contributed by atoms with E-state index in [1.54, 1.807) is 34.6 Å². The Bertz CT molecular complexity index is 1040. The summed E-state index contributed by atoms with van der Waals surface area (Å²) in [5.74, 6) is -1.55. The lowest BCUT2D eigenvalue weighted by atomic mass is 9.90. The minimum absolute atomic E-state index is 0.126. The lowest BCUT2D eigenvalue weighted by molar-refractivity contribution is -0.145. The molecule has 1 saturated heterocycles. The number of esters is 1. The van der Waals surface area contributed by atoms with Gasteiger partial charge in [0, 0.05) is 13.0 Å². The third kappa shape index (κ3) is 5.70. The van der Waals surface area contributed by atoms with Crippen molar-refractivity contribution in [2.45, 2.75) is 76.5 Å². The Morgan fingerprint density at radius 3 is 2.40 bits per heavy atom. The molecule has 0 saturated carbocycles. The Morgan fingerprint density at radius 2 is 1.83 bits per heavy atom. The smallest absolute Gasteiger partial charge is 0.340 e. The zero-order chi connectivity index (χ0) is 26.0. The minimum atomic E-state index is -1.29. The number of carbonyl (C=O) groups excluding carboxylic acids is 4. The van der Waals surface area contributed by atoms with Crippen LogP contribution in [-0.2, 0) is 30.3 Å². The van der Waals surface area contributed by atoms with Gasteiger partial charge in [0.2, 0.25) is 23.6 Å². The number of carbonyl (C=O) groups is 4. The van der Waals surface area contributed by atoms with Crippen molar-refractivity contribution in [3.63, 3.8) is 0 Å². The molecule has 2 aliphatic heterocycles. The zero-order valence-corrected chi connectivity index (χ0v) is 21.0. The summed E-state index contributed by atoms with van der Waals surface area (Å²) in [5.41, 5.74) is 3.01. The van der Waals surface area contributed by atoms with Crippen molar-refractivity contribution in [1.82, 2.24) is 15.5 Å². The Labute approximate surface area is 205 Å². The number of ether oxygens (including phenoxy) is 1. The molecule has 2 aliphatic rings. The van der Waals surface area contributed by atoms with E-state index in [9.17, 15) is 19.2 Å². The molecule has 0 aromatic heterocycles. The first-order chi connectivity index (χ1) is 16.3. The number of benzene rings is 1. The van der Waals surface area contributed by atoms with Crippen LogP contribution < -0.4 is 16.4 Å². The van der Waals surface area contributed by atoms with Gasteiger partial charge in [-0.3, -0.25) is 14.4 Å². The Morgan fingerprint density at radius 1 is 1.17 bits per heavy atom. The topological polar surface area (TPSA) is 143 Å². The van der Waals surface area contributed by atoms with E-state index in [0.717, 1.165) is 5.56 Å². The number of rotatable bonds is 8. The second-order valence-electron chi connectivity index (χ2n) is 10.4. The number of hydrogen-bond acceptors (Lipinski definition) is 7. The normalized spacial score (nSPS) is 21.1. The molecule has 35 heavy (non-hydrogen) atoms. The van der Waals surface area contributed by atoms with Crippen LogP contribution in [0.25, 0.3) is 0 Å². The van der Waals surface area contributed by atoms with Crippen LogP contribution in [-0.4, -0.2) is 70.2 Å². The van der Waals surface area contributed by atoms with E-state index in [-0.39, 0.29) is 30.7 Å². The Kier molecular flexibility index (Phi) is 7.35. The first kappa shape index (κ1) is 26.3. The van der Waals surface area contributed by atoms with Gasteiger partial charge in [-0.25, -0.2) is 9.79 Å². The van der Waals surface area contributed by atoms with Crippen LogP contribution in [0.4, 0.5) is 0 Å². The first-order valence-corrected chi connectivity index (χ1v) is 11.8. The van der Waals surface area contributed by atoms with Crippen molar-refractivity contribution in [3.8, 4) is 0 Å². The highest BCUT2D eigenvalue weighted by Crippen LogP contribution is 2.27. The van der Waals surface area contributed by atoms with E-state index >= 15 is 0 Å². The number of aliphatic imine (C=N–C) groups is 1. The van der Waals surface area contributed by atoms with Crippen LogP contribution in [0.1, 0.15) is 53.0 Å². The summed E-state index contributed by atoms with van der Waals surface area (Å²) in [6, 6.07) is 8.61. The van der Waals surface area contributed by atoms with E-state index in [1.165, 1.54) is 4.90 Å². The SMILES string of the molecule is CC1(C)N=C(C(C)(C)NC(=O)[C@@H]2CCCN2C(=O)[C@@](C)(Cc2ccccc2)NC(=O)CN)OC1=O. The fraction of sp³-hybridized carbons (Fsp3) is 0.560. The number of nitrogens with two attached hydrogens (primary N) is 1. The molecule has 1 fully saturated rings. The standard InChI is InChI=1S/C25H35N5O5/c1-23(2,20-29-24(3,4)22(34)35-20)28-19(32)17-12-9-13-30(17)21(33)25(5,27-18(31)15-26)14-16-10-7-6-8-11-16/h6-8,10-11,17H,9,12-15,26H2,1-5H3,(H,27,31)(H,28,32)/t17-,25+/m0/s1. The number of hydrogen-bond donors (Lipinski definition) is 3. The fourth-order valence-corrected chi connectivity index (χ4v) is 4.38. The maximum atomic E-state index is 13.8. The van der Waals surface area contributed by atoms with Crippen LogP contribution >= 0.6 is 0 Å². The molecule has 0 unspecified atom stereocenters. The van der Waals surface area contributed by atoms with Gasteiger partial charge in [-0.2, -0.15) is 0 Å². The molecular weight excluding hydrogens is 450 g/mol. The summed E-state index contributed by atoms with van der Waals surface area (Å²) in [4.78, 5) is 57.2. The lowest BCUT2D eigenvalue weighted by Crippen LogP contribution is -2.63. The molecule has 0 spiro atoms. The first-order valence-electron chi connectivity index (χ1n) is 11.8. The van der Waals surface area contributed by atoms with E-state index in [2.05, 4.69) is 15.6 Å². The summed E-state index contributed by atoms with van der Waals surface area (Å²) in [6.45, 7) is 8.45. The van der Waals surface area contributed by atoms with Crippen LogP contribution in [0.2, 0.25) is 0 Å². The molecule has 3 amide bonds. The molecule has 0 bridgehead atoms. The number of cyclic esters (lactones) is 1. The molecular formula is C25H35N5O5. The van der Waals surface area contributed by atoms with Gasteiger partial charge in [-0.15, -0.1) is 0 Å². The monoisotopic (exact) mass is 485 g/mol. The van der Waals surface area contributed by atoms with Gasteiger partial charge in [0.05, 0.1) is 6.54 Å². The van der Waals surface area contributed by atoms with E-state index < -0.39 is 34.5 Å². The van der Waals surface area contributed by atoms with E-state index in [0.29, 0.717) is 19.4 Å². The van der Waals surface area contributed by atoms with Crippen LogP contribution in [0.3, 0.4) is 0 Å². The zero-order valence-electron chi connectivity index (χ0n) is 21.0. The molecule has 2 heterocycles. The summed E-state index contributed by atoms with van der Waals surface area (Å²) >= 11 is 0. The second kappa shape index (κ2) is 9.77. The molecule has 10 heteroatoms. The van der Waals surface area contributed by atoms with Gasteiger partial charge < -0.3 is 26.0 Å². The largest absolute Gasteiger partial charge is 0.407 e. The number of nitrogens with one attached hydrogen (secondary N) is 2. The highest BCUT2D eigenvalue weighted by atomic mass is 16.6. The van der Waals surface area contributed by atoms with Crippen molar-refractivity contribution in [1.29, 1.82) is 0 Å². The molecule has 10 nitrogen and oxygen atoms in total. The average molecular weight is 486 g/mol. The summed E-state index contributed by atoms with van der Waals surface area (Å²) < 4.78 is 5.31. The molecule has 4 N–H and O–H groups in total. The van der Waals surface area contributed by atoms with Crippen LogP contribution in [0, 0.1) is 0 Å². The Hall–Kier alpha value is -3.27. The minimum Gasteiger partial charge on any atom is -0.407 e. The number of amides is 3. The van der Waals surface area contributed by atoms with Gasteiger partial charge >= 0.3 is 5.97 Å². The van der Waals surface area contributed by atoms with Crippen LogP contribution in [0.15, 0.2) is 35.3 Å². The Balaban J connectivity index is 1.81. The molecule has 1 aromatic carbocycles.